The Balaban J connectivity index is 1.94. The second-order valence-corrected chi connectivity index (χ2v) is 4.55. The summed E-state index contributed by atoms with van der Waals surface area (Å²) in [5, 5.41) is 5.87. The summed E-state index contributed by atoms with van der Waals surface area (Å²) in [4.78, 5) is 8.31. The Morgan fingerprint density at radius 2 is 1.84 bits per heavy atom. The number of anilines is 1. The van der Waals surface area contributed by atoms with Crippen LogP contribution >= 0.6 is 0 Å². The minimum absolute atomic E-state index is 0.215. The first-order valence-corrected chi connectivity index (χ1v) is 6.34. The minimum Gasteiger partial charge on any atom is -0.378 e. The molecule has 1 aromatic carbocycles. The van der Waals surface area contributed by atoms with Gasteiger partial charge in [0.15, 0.2) is 0 Å². The summed E-state index contributed by atoms with van der Waals surface area (Å²) in [6.07, 6.45) is 7.39. The Bertz CT molecular complexity index is 674. The molecule has 0 saturated heterocycles. The summed E-state index contributed by atoms with van der Waals surface area (Å²) in [5.74, 6) is 0. The molecule has 1 atom stereocenters. The Labute approximate surface area is 112 Å². The highest BCUT2D eigenvalue weighted by atomic mass is 14.9. The molecule has 0 fully saturated rings. The average molecular weight is 249 g/mol. The topological polar surface area (TPSA) is 37.8 Å². The molecule has 3 aromatic rings. The number of fused-ring (bicyclic) bond motifs is 1. The van der Waals surface area contributed by atoms with Gasteiger partial charge in [0, 0.05) is 41.2 Å². The summed E-state index contributed by atoms with van der Waals surface area (Å²) in [5.41, 5.74) is 2.30. The number of pyridine rings is 2. The first-order valence-electron chi connectivity index (χ1n) is 6.34. The van der Waals surface area contributed by atoms with Crippen molar-refractivity contribution in [3.63, 3.8) is 0 Å². The molecule has 0 aliphatic heterocycles. The van der Waals surface area contributed by atoms with Crippen LogP contribution in [0.25, 0.3) is 10.8 Å². The van der Waals surface area contributed by atoms with Gasteiger partial charge in [0.25, 0.3) is 0 Å². The molecule has 94 valence electrons. The van der Waals surface area contributed by atoms with Crippen molar-refractivity contribution in [2.45, 2.75) is 13.0 Å². The van der Waals surface area contributed by atoms with Crippen molar-refractivity contribution >= 4 is 16.5 Å². The van der Waals surface area contributed by atoms with Gasteiger partial charge in [0.2, 0.25) is 0 Å². The zero-order chi connectivity index (χ0) is 13.1. The fourth-order valence-corrected chi connectivity index (χ4v) is 2.20. The van der Waals surface area contributed by atoms with Gasteiger partial charge in [-0.3, -0.25) is 9.97 Å². The van der Waals surface area contributed by atoms with Crippen LogP contribution in [0, 0.1) is 0 Å². The van der Waals surface area contributed by atoms with E-state index >= 15 is 0 Å². The highest BCUT2D eigenvalue weighted by Crippen LogP contribution is 2.26. The lowest BCUT2D eigenvalue weighted by Gasteiger charge is -2.16. The minimum atomic E-state index is 0.215. The summed E-state index contributed by atoms with van der Waals surface area (Å²) in [6.45, 7) is 2.14. The highest BCUT2D eigenvalue weighted by molar-refractivity contribution is 5.93. The summed E-state index contributed by atoms with van der Waals surface area (Å²) >= 11 is 0. The molecule has 2 aromatic heterocycles. The number of benzene rings is 1. The largest absolute Gasteiger partial charge is 0.378 e. The number of hydrogen-bond acceptors (Lipinski definition) is 3. The van der Waals surface area contributed by atoms with Crippen molar-refractivity contribution in [2.75, 3.05) is 5.32 Å². The van der Waals surface area contributed by atoms with Crippen molar-refractivity contribution in [3.05, 3.63) is 66.7 Å². The van der Waals surface area contributed by atoms with Gasteiger partial charge in [-0.15, -0.1) is 0 Å². The zero-order valence-electron chi connectivity index (χ0n) is 10.7. The number of rotatable bonds is 3. The Kier molecular flexibility index (Phi) is 3.11. The lowest BCUT2D eigenvalue weighted by Crippen LogP contribution is -2.07. The van der Waals surface area contributed by atoms with Crippen LogP contribution in [0.4, 0.5) is 5.69 Å². The van der Waals surface area contributed by atoms with Crippen molar-refractivity contribution in [1.29, 1.82) is 0 Å². The van der Waals surface area contributed by atoms with Crippen molar-refractivity contribution in [3.8, 4) is 0 Å². The van der Waals surface area contributed by atoms with Crippen LogP contribution in [-0.4, -0.2) is 9.97 Å². The van der Waals surface area contributed by atoms with Gasteiger partial charge in [0.05, 0.1) is 6.04 Å². The molecule has 0 aliphatic carbocycles. The molecule has 0 aliphatic rings. The highest BCUT2D eigenvalue weighted by Gasteiger charge is 2.07. The molecular weight excluding hydrogens is 234 g/mol. The quantitative estimate of drug-likeness (QED) is 0.767. The molecule has 0 saturated carbocycles. The van der Waals surface area contributed by atoms with Crippen LogP contribution in [0.3, 0.4) is 0 Å². The van der Waals surface area contributed by atoms with E-state index in [1.807, 2.05) is 36.8 Å². The van der Waals surface area contributed by atoms with Gasteiger partial charge >= 0.3 is 0 Å². The lowest BCUT2D eigenvalue weighted by atomic mass is 10.1. The van der Waals surface area contributed by atoms with Crippen LogP contribution in [-0.2, 0) is 0 Å². The predicted molar refractivity (Wildman–Crippen MR) is 78.0 cm³/mol. The Morgan fingerprint density at radius 3 is 2.68 bits per heavy atom. The van der Waals surface area contributed by atoms with E-state index in [1.54, 1.807) is 6.20 Å². The fourth-order valence-electron chi connectivity index (χ4n) is 2.20. The van der Waals surface area contributed by atoms with Gasteiger partial charge < -0.3 is 5.32 Å². The number of hydrogen-bond donors (Lipinski definition) is 1. The summed E-state index contributed by atoms with van der Waals surface area (Å²) < 4.78 is 0. The van der Waals surface area contributed by atoms with Crippen LogP contribution in [0.2, 0.25) is 0 Å². The van der Waals surface area contributed by atoms with Gasteiger partial charge in [-0.05, 0) is 30.7 Å². The second-order valence-electron chi connectivity index (χ2n) is 4.55. The smallest absolute Gasteiger partial charge is 0.0501 e. The maximum absolute atomic E-state index is 4.16. The third-order valence-corrected chi connectivity index (χ3v) is 3.24. The van der Waals surface area contributed by atoms with E-state index in [2.05, 4.69) is 40.4 Å². The third-order valence-electron chi connectivity index (χ3n) is 3.24. The Hall–Kier alpha value is -2.42. The molecule has 3 nitrogen and oxygen atoms in total. The van der Waals surface area contributed by atoms with Gasteiger partial charge in [0.1, 0.15) is 0 Å². The number of aromatic nitrogens is 2. The SMILES string of the molecule is CC(Nc1cccc2cnccc12)c1cccnc1. The Morgan fingerprint density at radius 1 is 0.947 bits per heavy atom. The van der Waals surface area contributed by atoms with E-state index in [9.17, 15) is 0 Å². The molecule has 0 amide bonds. The summed E-state index contributed by atoms with van der Waals surface area (Å²) in [7, 11) is 0. The predicted octanol–water partition coefficient (Wildman–Crippen LogP) is 3.80. The van der Waals surface area contributed by atoms with E-state index in [0.717, 1.165) is 11.1 Å². The number of nitrogens with one attached hydrogen (secondary N) is 1. The maximum Gasteiger partial charge on any atom is 0.0501 e. The lowest BCUT2D eigenvalue weighted by molar-refractivity contribution is 0.877. The maximum atomic E-state index is 4.16. The first-order chi connectivity index (χ1) is 9.34. The van der Waals surface area contributed by atoms with Crippen LogP contribution in [0.5, 0.6) is 0 Å². The van der Waals surface area contributed by atoms with Gasteiger partial charge in [-0.25, -0.2) is 0 Å². The molecule has 3 heteroatoms. The van der Waals surface area contributed by atoms with E-state index in [4.69, 9.17) is 0 Å². The monoisotopic (exact) mass is 249 g/mol. The molecule has 2 heterocycles. The molecule has 0 spiro atoms. The first kappa shape index (κ1) is 11.7. The van der Waals surface area contributed by atoms with Crippen molar-refractivity contribution in [2.24, 2.45) is 0 Å². The summed E-state index contributed by atoms with van der Waals surface area (Å²) in [6, 6.07) is 12.5. The van der Waals surface area contributed by atoms with Gasteiger partial charge in [-0.1, -0.05) is 18.2 Å². The van der Waals surface area contributed by atoms with E-state index in [-0.39, 0.29) is 6.04 Å². The van der Waals surface area contributed by atoms with Crippen molar-refractivity contribution in [1.82, 2.24) is 9.97 Å². The normalized spacial score (nSPS) is 12.3. The van der Waals surface area contributed by atoms with E-state index in [0.29, 0.717) is 0 Å². The third kappa shape index (κ3) is 2.40. The van der Waals surface area contributed by atoms with Crippen LogP contribution < -0.4 is 5.32 Å². The molecule has 0 radical (unpaired) electrons. The molecular formula is C16H15N3. The number of nitrogens with zero attached hydrogens (tertiary/aromatic N) is 2. The van der Waals surface area contributed by atoms with Gasteiger partial charge in [-0.2, -0.15) is 0 Å². The van der Waals surface area contributed by atoms with E-state index < -0.39 is 0 Å². The van der Waals surface area contributed by atoms with Crippen molar-refractivity contribution < 1.29 is 0 Å². The average Bonchev–Trinajstić information content (AvgIpc) is 2.48. The zero-order valence-corrected chi connectivity index (χ0v) is 10.7. The second kappa shape index (κ2) is 5.06. The fraction of sp³-hybridized carbons (Fsp3) is 0.125. The molecule has 0 bridgehead atoms. The molecule has 3 rings (SSSR count). The molecule has 1 unspecified atom stereocenters. The molecule has 1 N–H and O–H groups in total. The van der Waals surface area contributed by atoms with E-state index in [1.165, 1.54) is 10.9 Å². The standard InChI is InChI=1S/C16H15N3/c1-12(13-5-3-8-17-10-13)19-16-6-2-4-14-11-18-9-7-15(14)16/h2-12,19H,1H3. The van der Waals surface area contributed by atoms with Crippen LogP contribution in [0.15, 0.2) is 61.2 Å². The van der Waals surface area contributed by atoms with Crippen LogP contribution in [0.1, 0.15) is 18.5 Å². The molecule has 19 heavy (non-hydrogen) atoms.